The van der Waals surface area contributed by atoms with Gasteiger partial charge in [0.1, 0.15) is 12.2 Å². The first-order valence-electron chi connectivity index (χ1n) is 10.6. The van der Waals surface area contributed by atoms with Crippen LogP contribution in [0.4, 0.5) is 0 Å². The Morgan fingerprint density at radius 2 is 1.93 bits per heavy atom. The highest BCUT2D eigenvalue weighted by Crippen LogP contribution is 2.67. The van der Waals surface area contributed by atoms with E-state index in [1.54, 1.807) is 13.0 Å². The maximum Gasteiger partial charge on any atom is 0.397 e. The van der Waals surface area contributed by atoms with Gasteiger partial charge in [-0.25, -0.2) is 4.18 Å². The molecule has 0 aromatic carbocycles. The van der Waals surface area contributed by atoms with Crippen LogP contribution in [0.25, 0.3) is 0 Å². The molecule has 0 aromatic heterocycles. The highest BCUT2D eigenvalue weighted by molar-refractivity contribution is 7.80. The van der Waals surface area contributed by atoms with Crippen LogP contribution in [0, 0.1) is 28.6 Å². The zero-order valence-electron chi connectivity index (χ0n) is 17.3. The van der Waals surface area contributed by atoms with Crippen LogP contribution in [0.5, 0.6) is 0 Å². The van der Waals surface area contributed by atoms with Gasteiger partial charge in [-0.05, 0) is 67.8 Å². The number of hydrogen-bond donors (Lipinski definition) is 3. The minimum absolute atomic E-state index is 0.0124. The standard InChI is InChI=1S/C21H30O8S/c1-19-7-5-13(22)9-12(19)3-4-14-15-6-8-21(25,17(24)11-29-30(26,27)28)20(15,2)10-16(23)18(14)19/h9,14-16,18,23,25H,3-8,10-11H2,1-2H3,(H,26,27,28)/t14-,15-,16-,18?,19-,20-,21-/m0/s1. The van der Waals surface area contributed by atoms with Gasteiger partial charge in [0, 0.05) is 11.8 Å². The van der Waals surface area contributed by atoms with Crippen molar-refractivity contribution in [2.24, 2.45) is 28.6 Å². The number of aliphatic hydroxyl groups excluding tert-OH is 1. The van der Waals surface area contributed by atoms with Crippen molar-refractivity contribution < 1.29 is 37.0 Å². The summed E-state index contributed by atoms with van der Waals surface area (Å²) in [5.74, 6) is -0.618. The number of carbonyl (C=O) groups excluding carboxylic acids is 2. The Morgan fingerprint density at radius 3 is 2.60 bits per heavy atom. The average molecular weight is 443 g/mol. The lowest BCUT2D eigenvalue weighted by molar-refractivity contribution is -0.181. The third kappa shape index (κ3) is 3.12. The zero-order chi connectivity index (χ0) is 22.1. The van der Waals surface area contributed by atoms with Gasteiger partial charge >= 0.3 is 10.4 Å². The third-order valence-corrected chi connectivity index (χ3v) is 9.26. The predicted octanol–water partition coefficient (Wildman–Crippen LogP) is 1.61. The van der Waals surface area contributed by atoms with Gasteiger partial charge in [-0.15, -0.1) is 0 Å². The highest BCUT2D eigenvalue weighted by Gasteiger charge is 2.68. The summed E-state index contributed by atoms with van der Waals surface area (Å²) < 4.78 is 34.8. The molecule has 9 heteroatoms. The zero-order valence-corrected chi connectivity index (χ0v) is 18.2. The first-order valence-corrected chi connectivity index (χ1v) is 12.0. The molecule has 0 saturated heterocycles. The summed E-state index contributed by atoms with van der Waals surface area (Å²) in [5.41, 5.74) is -1.91. The van der Waals surface area contributed by atoms with Crippen LogP contribution in [0.1, 0.15) is 58.8 Å². The molecule has 0 aromatic rings. The second-order valence-corrected chi connectivity index (χ2v) is 11.2. The van der Waals surface area contributed by atoms with Gasteiger partial charge in [0.15, 0.2) is 11.6 Å². The summed E-state index contributed by atoms with van der Waals surface area (Å²) in [5, 5.41) is 22.6. The molecule has 0 bridgehead atoms. The molecule has 4 aliphatic carbocycles. The number of carbonyl (C=O) groups is 2. The molecule has 8 nitrogen and oxygen atoms in total. The van der Waals surface area contributed by atoms with Gasteiger partial charge in [-0.2, -0.15) is 8.42 Å². The molecular formula is C21H30O8S. The summed E-state index contributed by atoms with van der Waals surface area (Å²) in [6.45, 7) is 2.99. The molecule has 3 fully saturated rings. The van der Waals surface area contributed by atoms with E-state index in [1.165, 1.54) is 0 Å². The molecule has 0 spiro atoms. The van der Waals surface area contributed by atoms with E-state index in [1.807, 2.05) is 0 Å². The Kier molecular flexibility index (Phi) is 5.10. The number of rotatable bonds is 4. The van der Waals surface area contributed by atoms with Crippen molar-refractivity contribution in [2.45, 2.75) is 70.5 Å². The van der Waals surface area contributed by atoms with E-state index in [-0.39, 0.29) is 41.8 Å². The smallest absolute Gasteiger partial charge is 0.393 e. The van der Waals surface area contributed by atoms with E-state index < -0.39 is 39.9 Å². The van der Waals surface area contributed by atoms with E-state index in [4.69, 9.17) is 4.55 Å². The fraction of sp³-hybridized carbons (Fsp3) is 0.810. The fourth-order valence-electron chi connectivity index (χ4n) is 7.40. The molecule has 4 rings (SSSR count). The molecule has 0 heterocycles. The molecule has 30 heavy (non-hydrogen) atoms. The van der Waals surface area contributed by atoms with Gasteiger partial charge in [-0.3, -0.25) is 14.1 Å². The average Bonchev–Trinajstić information content (AvgIpc) is 2.91. The van der Waals surface area contributed by atoms with Crippen molar-refractivity contribution >= 4 is 22.0 Å². The topological polar surface area (TPSA) is 138 Å². The predicted molar refractivity (Wildman–Crippen MR) is 106 cm³/mol. The molecule has 0 aliphatic heterocycles. The van der Waals surface area contributed by atoms with Gasteiger partial charge < -0.3 is 10.2 Å². The summed E-state index contributed by atoms with van der Waals surface area (Å²) in [7, 11) is -4.80. The summed E-state index contributed by atoms with van der Waals surface area (Å²) in [6, 6.07) is 0. The third-order valence-electron chi connectivity index (χ3n) is 8.85. The van der Waals surface area contributed by atoms with Crippen molar-refractivity contribution in [3.05, 3.63) is 11.6 Å². The summed E-state index contributed by atoms with van der Waals surface area (Å²) in [6.07, 6.45) is 4.67. The molecule has 3 N–H and O–H groups in total. The first kappa shape index (κ1) is 22.1. The van der Waals surface area contributed by atoms with Gasteiger partial charge in [0.05, 0.1) is 6.10 Å². The maximum atomic E-state index is 12.8. The Hall–Kier alpha value is -1.13. The minimum atomic E-state index is -4.80. The molecule has 3 saturated carbocycles. The number of allylic oxidation sites excluding steroid dienone is 1. The van der Waals surface area contributed by atoms with Crippen LogP contribution in [0.3, 0.4) is 0 Å². The van der Waals surface area contributed by atoms with Crippen molar-refractivity contribution in [1.82, 2.24) is 0 Å². The largest absolute Gasteiger partial charge is 0.397 e. The van der Waals surface area contributed by atoms with Crippen LogP contribution in [0.2, 0.25) is 0 Å². The Labute approximate surface area is 176 Å². The lowest BCUT2D eigenvalue weighted by atomic mass is 9.45. The highest BCUT2D eigenvalue weighted by atomic mass is 32.3. The monoisotopic (exact) mass is 442 g/mol. The van der Waals surface area contributed by atoms with Crippen molar-refractivity contribution in [3.63, 3.8) is 0 Å². The van der Waals surface area contributed by atoms with Gasteiger partial charge in [0.25, 0.3) is 0 Å². The van der Waals surface area contributed by atoms with Crippen LogP contribution < -0.4 is 0 Å². The van der Waals surface area contributed by atoms with Crippen LogP contribution in [-0.4, -0.2) is 53.1 Å². The van der Waals surface area contributed by atoms with E-state index in [2.05, 4.69) is 11.1 Å². The second-order valence-electron chi connectivity index (χ2n) is 10.1. The molecule has 1 unspecified atom stereocenters. The van der Waals surface area contributed by atoms with E-state index in [9.17, 15) is 28.2 Å². The van der Waals surface area contributed by atoms with Crippen LogP contribution in [0.15, 0.2) is 11.6 Å². The van der Waals surface area contributed by atoms with Gasteiger partial charge in [0.2, 0.25) is 0 Å². The van der Waals surface area contributed by atoms with Crippen molar-refractivity contribution in [3.8, 4) is 0 Å². The van der Waals surface area contributed by atoms with E-state index in [0.29, 0.717) is 19.3 Å². The lowest BCUT2D eigenvalue weighted by Gasteiger charge is -2.60. The Bertz CT molecular complexity index is 910. The SMILES string of the molecule is C[C@]12CCC(=O)C=C1CC[C@@H]1C2[C@@H](O)C[C@@]2(C)[C@H]1CC[C@]2(O)C(=O)COS(=O)(=O)O. The minimum Gasteiger partial charge on any atom is -0.393 e. The fourth-order valence-corrected chi connectivity index (χ4v) is 7.65. The Balaban J connectivity index is 1.65. The molecule has 168 valence electrons. The lowest BCUT2D eigenvalue weighted by Crippen LogP contribution is -2.62. The second kappa shape index (κ2) is 6.93. The van der Waals surface area contributed by atoms with Gasteiger partial charge in [-0.1, -0.05) is 19.4 Å². The van der Waals surface area contributed by atoms with Crippen LogP contribution in [-0.2, 0) is 24.2 Å². The number of aliphatic hydroxyl groups is 2. The van der Waals surface area contributed by atoms with E-state index in [0.717, 1.165) is 18.4 Å². The molecule has 4 aliphatic rings. The quantitative estimate of drug-likeness (QED) is 0.558. The van der Waals surface area contributed by atoms with E-state index >= 15 is 0 Å². The number of fused-ring (bicyclic) bond motifs is 5. The number of hydrogen-bond acceptors (Lipinski definition) is 7. The summed E-state index contributed by atoms with van der Waals surface area (Å²) >= 11 is 0. The molecule has 0 amide bonds. The first-order chi connectivity index (χ1) is 13.8. The molecular weight excluding hydrogens is 412 g/mol. The summed E-state index contributed by atoms with van der Waals surface area (Å²) in [4.78, 5) is 24.7. The number of Topliss-reactive ketones (excluding diaryl/α,β-unsaturated/α-hetero) is 1. The Morgan fingerprint density at radius 1 is 1.23 bits per heavy atom. The normalized spacial score (nSPS) is 45.9. The van der Waals surface area contributed by atoms with Crippen LogP contribution >= 0.6 is 0 Å². The molecule has 0 radical (unpaired) electrons. The van der Waals surface area contributed by atoms with Crippen molar-refractivity contribution in [2.75, 3.05) is 6.61 Å². The number of ketones is 2. The maximum absolute atomic E-state index is 12.8. The van der Waals surface area contributed by atoms with Crippen molar-refractivity contribution in [1.29, 1.82) is 0 Å². The molecule has 7 atom stereocenters.